The number of rotatable bonds is 4. The van der Waals surface area contributed by atoms with Gasteiger partial charge in [-0.15, -0.1) is 10.2 Å². The summed E-state index contributed by atoms with van der Waals surface area (Å²) in [6.45, 7) is 3.46. The second-order valence-corrected chi connectivity index (χ2v) is 6.48. The molecule has 0 atom stereocenters. The highest BCUT2D eigenvalue weighted by Crippen LogP contribution is 2.37. The maximum absolute atomic E-state index is 13.3. The summed E-state index contributed by atoms with van der Waals surface area (Å²) in [5.41, 5.74) is 4.37. The molecule has 0 aliphatic heterocycles. The van der Waals surface area contributed by atoms with Gasteiger partial charge in [0.25, 0.3) is 0 Å². The molecule has 0 aliphatic carbocycles. The van der Waals surface area contributed by atoms with E-state index < -0.39 is 17.3 Å². The number of hydrogen-bond donors (Lipinski definition) is 1. The number of alkyl halides is 3. The molecule has 0 amide bonds. The second kappa shape index (κ2) is 6.57. The van der Waals surface area contributed by atoms with Crippen molar-refractivity contribution in [3.8, 4) is 17.1 Å². The third-order valence-corrected chi connectivity index (χ3v) is 4.06. The third-order valence-electron chi connectivity index (χ3n) is 4.06. The molecular weight excluding hydrogens is 359 g/mol. The summed E-state index contributed by atoms with van der Waals surface area (Å²) in [4.78, 5) is 3.90. The monoisotopic (exact) mass is 377 g/mol. The number of nitrogen functional groups attached to an aromatic ring is 1. The van der Waals surface area contributed by atoms with Crippen LogP contribution >= 0.6 is 0 Å². The van der Waals surface area contributed by atoms with Crippen molar-refractivity contribution in [3.63, 3.8) is 0 Å². The lowest BCUT2D eigenvalue weighted by Gasteiger charge is -2.26. The number of anilines is 1. The van der Waals surface area contributed by atoms with E-state index in [1.807, 2.05) is 0 Å². The van der Waals surface area contributed by atoms with Gasteiger partial charge in [0.05, 0.1) is 17.4 Å². The smallest absolute Gasteiger partial charge is 0.417 e. The maximum atomic E-state index is 13.3. The van der Waals surface area contributed by atoms with E-state index in [9.17, 15) is 13.2 Å². The van der Waals surface area contributed by atoms with Gasteiger partial charge in [0.1, 0.15) is 5.75 Å². The molecule has 9 heteroatoms. The molecular formula is C18H18F3N5O. The number of hydrogen-bond acceptors (Lipinski definition) is 5. The van der Waals surface area contributed by atoms with Crippen LogP contribution in [0.4, 0.5) is 18.9 Å². The molecule has 2 N–H and O–H groups in total. The van der Waals surface area contributed by atoms with E-state index in [4.69, 9.17) is 10.5 Å². The largest absolute Gasteiger partial charge is 0.478 e. The van der Waals surface area contributed by atoms with Gasteiger partial charge in [-0.2, -0.15) is 13.2 Å². The molecule has 0 bridgehead atoms. The standard InChI is InChI=1S/C18H18F3N5O/c1-17(2,27-14-8-9-23-10-13(14)22)16-25-24-15(26(16)3)11-6-4-5-7-12(11)18(19,20)21/h4-10H,22H2,1-3H3. The number of halogens is 3. The summed E-state index contributed by atoms with van der Waals surface area (Å²) in [7, 11) is 1.60. The van der Waals surface area contributed by atoms with Crippen LogP contribution in [0, 0.1) is 0 Å². The molecule has 0 fully saturated rings. The minimum Gasteiger partial charge on any atom is -0.478 e. The van der Waals surface area contributed by atoms with Crippen molar-refractivity contribution in [2.75, 3.05) is 5.73 Å². The summed E-state index contributed by atoms with van der Waals surface area (Å²) < 4.78 is 47.4. The highest BCUT2D eigenvalue weighted by molar-refractivity contribution is 5.61. The Morgan fingerprint density at radius 3 is 2.44 bits per heavy atom. The second-order valence-electron chi connectivity index (χ2n) is 6.48. The van der Waals surface area contributed by atoms with Crippen molar-refractivity contribution in [2.24, 2.45) is 7.05 Å². The van der Waals surface area contributed by atoms with Crippen LogP contribution in [0.15, 0.2) is 42.7 Å². The molecule has 0 saturated carbocycles. The van der Waals surface area contributed by atoms with Gasteiger partial charge in [-0.3, -0.25) is 4.98 Å². The zero-order valence-electron chi connectivity index (χ0n) is 14.9. The molecule has 27 heavy (non-hydrogen) atoms. The Hall–Kier alpha value is -3.10. The number of nitrogens with zero attached hydrogens (tertiary/aromatic N) is 4. The molecule has 2 aromatic heterocycles. The van der Waals surface area contributed by atoms with E-state index in [0.29, 0.717) is 17.3 Å². The number of benzene rings is 1. The molecule has 1 aromatic carbocycles. The molecule has 0 radical (unpaired) electrons. The Labute approximate surface area is 153 Å². The molecule has 3 rings (SSSR count). The average Bonchev–Trinajstić information content (AvgIpc) is 2.98. The van der Waals surface area contributed by atoms with Gasteiger partial charge in [-0.1, -0.05) is 18.2 Å². The summed E-state index contributed by atoms with van der Waals surface area (Å²) in [6, 6.07) is 6.85. The Kier molecular flexibility index (Phi) is 4.54. The summed E-state index contributed by atoms with van der Waals surface area (Å²) in [5.74, 6) is 0.846. The number of aromatic nitrogens is 4. The normalized spacial score (nSPS) is 12.2. The Morgan fingerprint density at radius 1 is 1.07 bits per heavy atom. The molecule has 142 valence electrons. The first-order chi connectivity index (χ1) is 12.6. The SMILES string of the molecule is Cn1c(-c2ccccc2C(F)(F)F)nnc1C(C)(C)Oc1ccncc1N. The van der Waals surface area contributed by atoms with Crippen LogP contribution < -0.4 is 10.5 Å². The highest BCUT2D eigenvalue weighted by atomic mass is 19.4. The fourth-order valence-corrected chi connectivity index (χ4v) is 2.82. The van der Waals surface area contributed by atoms with Crippen molar-refractivity contribution in [2.45, 2.75) is 25.6 Å². The molecule has 0 spiro atoms. The van der Waals surface area contributed by atoms with Crippen molar-refractivity contribution in [1.29, 1.82) is 0 Å². The summed E-state index contributed by atoms with van der Waals surface area (Å²) >= 11 is 0. The van der Waals surface area contributed by atoms with Gasteiger partial charge in [0.15, 0.2) is 17.2 Å². The lowest BCUT2D eigenvalue weighted by Crippen LogP contribution is -2.29. The van der Waals surface area contributed by atoms with Crippen LogP contribution in [0.3, 0.4) is 0 Å². The van der Waals surface area contributed by atoms with Crippen LogP contribution in [0.25, 0.3) is 11.4 Å². The number of ether oxygens (including phenoxy) is 1. The summed E-state index contributed by atoms with van der Waals surface area (Å²) in [6.07, 6.45) is -1.52. The van der Waals surface area contributed by atoms with Crippen LogP contribution in [-0.4, -0.2) is 19.7 Å². The quantitative estimate of drug-likeness (QED) is 0.748. The van der Waals surface area contributed by atoms with Gasteiger partial charge in [0.2, 0.25) is 0 Å². The third kappa shape index (κ3) is 3.57. The van der Waals surface area contributed by atoms with Gasteiger partial charge >= 0.3 is 6.18 Å². The van der Waals surface area contributed by atoms with Crippen LogP contribution in [0.1, 0.15) is 25.2 Å². The van der Waals surface area contributed by atoms with E-state index in [1.54, 1.807) is 27.0 Å². The number of pyridine rings is 1. The average molecular weight is 377 g/mol. The predicted octanol–water partition coefficient (Wildman–Crippen LogP) is 3.79. The zero-order valence-corrected chi connectivity index (χ0v) is 14.9. The van der Waals surface area contributed by atoms with Gasteiger partial charge in [-0.05, 0) is 19.9 Å². The first kappa shape index (κ1) is 18.7. The minimum absolute atomic E-state index is 0.0505. The van der Waals surface area contributed by atoms with Crippen LogP contribution in [0.2, 0.25) is 0 Å². The predicted molar refractivity (Wildman–Crippen MR) is 93.7 cm³/mol. The Morgan fingerprint density at radius 2 is 1.78 bits per heavy atom. The molecule has 2 heterocycles. The van der Waals surface area contributed by atoms with Gasteiger partial charge < -0.3 is 15.0 Å². The van der Waals surface area contributed by atoms with Crippen LogP contribution in [-0.2, 0) is 18.8 Å². The minimum atomic E-state index is -4.50. The molecule has 3 aromatic rings. The molecule has 0 aliphatic rings. The van der Waals surface area contributed by atoms with Crippen molar-refractivity contribution >= 4 is 5.69 Å². The topological polar surface area (TPSA) is 78.8 Å². The first-order valence-corrected chi connectivity index (χ1v) is 8.06. The van der Waals surface area contributed by atoms with Gasteiger partial charge in [0, 0.05) is 24.9 Å². The lowest BCUT2D eigenvalue weighted by molar-refractivity contribution is -0.137. The Bertz CT molecular complexity index is 966. The Balaban J connectivity index is 2.03. The number of nitrogens with two attached hydrogens (primary N) is 1. The summed E-state index contributed by atoms with van der Waals surface area (Å²) in [5, 5.41) is 8.06. The maximum Gasteiger partial charge on any atom is 0.417 e. The molecule has 0 saturated heterocycles. The van der Waals surface area contributed by atoms with E-state index >= 15 is 0 Å². The van der Waals surface area contributed by atoms with Crippen LogP contribution in [0.5, 0.6) is 5.75 Å². The van der Waals surface area contributed by atoms with Crippen molar-refractivity contribution < 1.29 is 17.9 Å². The zero-order chi connectivity index (χ0) is 19.8. The molecule has 0 unspecified atom stereocenters. The van der Waals surface area contributed by atoms with Gasteiger partial charge in [-0.25, -0.2) is 0 Å². The lowest BCUT2D eigenvalue weighted by atomic mass is 10.1. The van der Waals surface area contributed by atoms with Crippen molar-refractivity contribution in [1.82, 2.24) is 19.7 Å². The van der Waals surface area contributed by atoms with Crippen molar-refractivity contribution in [3.05, 3.63) is 54.1 Å². The fraction of sp³-hybridized carbons (Fsp3) is 0.278. The van der Waals surface area contributed by atoms with E-state index in [0.717, 1.165) is 6.07 Å². The van der Waals surface area contributed by atoms with E-state index in [-0.39, 0.29) is 11.4 Å². The van der Waals surface area contributed by atoms with E-state index in [1.165, 1.54) is 35.2 Å². The fourth-order valence-electron chi connectivity index (χ4n) is 2.82. The molecule has 6 nitrogen and oxygen atoms in total. The highest BCUT2D eigenvalue weighted by Gasteiger charge is 2.36. The van der Waals surface area contributed by atoms with E-state index in [2.05, 4.69) is 15.2 Å². The first-order valence-electron chi connectivity index (χ1n) is 8.06.